The molecule has 2 heterocycles. The lowest BCUT2D eigenvalue weighted by Gasteiger charge is -2.23. The molecule has 0 aromatic carbocycles. The third kappa shape index (κ3) is 3.61. The summed E-state index contributed by atoms with van der Waals surface area (Å²) < 4.78 is 0. The number of carbonyl (C=O) groups excluding carboxylic acids is 1. The van der Waals surface area contributed by atoms with Crippen LogP contribution < -0.4 is 5.32 Å². The second-order valence-electron chi connectivity index (χ2n) is 5.99. The third-order valence-electron chi connectivity index (χ3n) is 3.82. The zero-order chi connectivity index (χ0) is 14.5. The molecule has 0 saturated carbocycles. The van der Waals surface area contributed by atoms with Crippen LogP contribution in [0.1, 0.15) is 57.5 Å². The fourth-order valence-electron chi connectivity index (χ4n) is 2.77. The van der Waals surface area contributed by atoms with E-state index in [1.165, 1.54) is 11.3 Å². The molecule has 1 aromatic heterocycles. The highest BCUT2D eigenvalue weighted by molar-refractivity contribution is 7.10. The van der Waals surface area contributed by atoms with Gasteiger partial charge in [0, 0.05) is 11.4 Å². The molecule has 1 aromatic rings. The molecule has 3 nitrogen and oxygen atoms in total. The van der Waals surface area contributed by atoms with E-state index in [1.54, 1.807) is 11.3 Å². The third-order valence-corrected chi connectivity index (χ3v) is 4.75. The average Bonchev–Trinajstić information content (AvgIpc) is 3.01. The lowest BCUT2D eigenvalue weighted by atomic mass is 10.1. The van der Waals surface area contributed by atoms with Crippen molar-refractivity contribution in [2.75, 3.05) is 6.54 Å². The topological polar surface area (TPSA) is 32.3 Å². The quantitative estimate of drug-likeness (QED) is 0.830. The van der Waals surface area contributed by atoms with Crippen LogP contribution in [-0.2, 0) is 4.79 Å². The van der Waals surface area contributed by atoms with Crippen molar-refractivity contribution in [2.45, 2.75) is 58.7 Å². The number of rotatable bonds is 7. The van der Waals surface area contributed by atoms with Gasteiger partial charge in [-0.1, -0.05) is 33.3 Å². The van der Waals surface area contributed by atoms with E-state index in [0.717, 1.165) is 25.8 Å². The summed E-state index contributed by atoms with van der Waals surface area (Å²) >= 11 is 1.73. The van der Waals surface area contributed by atoms with Crippen molar-refractivity contribution in [3.05, 3.63) is 22.4 Å². The first kappa shape index (κ1) is 15.5. The summed E-state index contributed by atoms with van der Waals surface area (Å²) in [6.07, 6.45) is 4.33. The first-order chi connectivity index (χ1) is 9.63. The maximum absolute atomic E-state index is 12.5. The van der Waals surface area contributed by atoms with E-state index in [1.807, 2.05) is 0 Å². The second-order valence-corrected chi connectivity index (χ2v) is 6.97. The van der Waals surface area contributed by atoms with Crippen LogP contribution in [0.2, 0.25) is 0 Å². The smallest absolute Gasteiger partial charge is 0.241 e. The fourth-order valence-corrected chi connectivity index (χ4v) is 3.56. The highest BCUT2D eigenvalue weighted by Crippen LogP contribution is 2.30. The zero-order valence-corrected chi connectivity index (χ0v) is 13.6. The number of carbonyl (C=O) groups is 1. The summed E-state index contributed by atoms with van der Waals surface area (Å²) in [4.78, 5) is 15.8. The van der Waals surface area contributed by atoms with Crippen LogP contribution in [0.3, 0.4) is 0 Å². The molecule has 2 unspecified atom stereocenters. The van der Waals surface area contributed by atoms with Crippen LogP contribution in [0, 0.1) is 5.92 Å². The molecule has 4 heteroatoms. The summed E-state index contributed by atoms with van der Waals surface area (Å²) in [6, 6.07) is 4.19. The minimum absolute atomic E-state index is 0.00569. The van der Waals surface area contributed by atoms with Gasteiger partial charge in [-0.3, -0.25) is 10.1 Å². The number of nitrogens with zero attached hydrogens (tertiary/aromatic N) is 1. The number of nitrogens with one attached hydrogen (secondary N) is 1. The minimum Gasteiger partial charge on any atom is -0.321 e. The molecule has 0 bridgehead atoms. The summed E-state index contributed by atoms with van der Waals surface area (Å²) in [5.41, 5.74) is 0. The van der Waals surface area contributed by atoms with Crippen LogP contribution in [-0.4, -0.2) is 23.4 Å². The summed E-state index contributed by atoms with van der Waals surface area (Å²) in [5, 5.41) is 5.60. The number of amides is 1. The van der Waals surface area contributed by atoms with Crippen molar-refractivity contribution in [1.29, 1.82) is 0 Å². The summed E-state index contributed by atoms with van der Waals surface area (Å²) in [7, 11) is 0. The van der Waals surface area contributed by atoms with Gasteiger partial charge in [0.05, 0.1) is 6.04 Å². The van der Waals surface area contributed by atoms with Crippen molar-refractivity contribution in [3.63, 3.8) is 0 Å². The molecular weight excluding hydrogens is 268 g/mol. The van der Waals surface area contributed by atoms with Gasteiger partial charge < -0.3 is 4.90 Å². The van der Waals surface area contributed by atoms with Crippen molar-refractivity contribution in [2.24, 2.45) is 5.92 Å². The largest absolute Gasteiger partial charge is 0.321 e. The molecule has 1 amide bonds. The maximum atomic E-state index is 12.5. The van der Waals surface area contributed by atoms with Crippen molar-refractivity contribution < 1.29 is 4.79 Å². The van der Waals surface area contributed by atoms with Crippen LogP contribution in [0.4, 0.5) is 0 Å². The monoisotopic (exact) mass is 294 g/mol. The van der Waals surface area contributed by atoms with Crippen LogP contribution >= 0.6 is 11.3 Å². The first-order valence-electron chi connectivity index (χ1n) is 7.73. The zero-order valence-electron chi connectivity index (χ0n) is 12.8. The Hall–Kier alpha value is -0.870. The molecule has 112 valence electrons. The van der Waals surface area contributed by atoms with E-state index in [-0.39, 0.29) is 18.1 Å². The van der Waals surface area contributed by atoms with Gasteiger partial charge in [0.25, 0.3) is 0 Å². The Labute approximate surface area is 126 Å². The van der Waals surface area contributed by atoms with Gasteiger partial charge in [-0.05, 0) is 36.6 Å². The van der Waals surface area contributed by atoms with E-state index < -0.39 is 0 Å². The highest BCUT2D eigenvalue weighted by atomic mass is 32.1. The molecule has 1 saturated heterocycles. The predicted octanol–water partition coefficient (Wildman–Crippen LogP) is 3.78. The van der Waals surface area contributed by atoms with E-state index in [2.05, 4.69) is 48.5 Å². The Morgan fingerprint density at radius 2 is 2.25 bits per heavy atom. The van der Waals surface area contributed by atoms with Gasteiger partial charge in [0.1, 0.15) is 6.17 Å². The molecule has 0 spiro atoms. The Morgan fingerprint density at radius 1 is 1.45 bits per heavy atom. The Kier molecular flexibility index (Phi) is 5.61. The van der Waals surface area contributed by atoms with Crippen molar-refractivity contribution >= 4 is 17.2 Å². The highest BCUT2D eigenvalue weighted by Gasteiger charge is 2.38. The number of thiophene rings is 1. The molecule has 0 radical (unpaired) electrons. The Bertz CT molecular complexity index is 416. The van der Waals surface area contributed by atoms with Gasteiger partial charge in [0.15, 0.2) is 0 Å². The van der Waals surface area contributed by atoms with Gasteiger partial charge in [-0.2, -0.15) is 0 Å². The molecule has 1 N–H and O–H groups in total. The van der Waals surface area contributed by atoms with Gasteiger partial charge in [-0.15, -0.1) is 11.3 Å². The molecule has 20 heavy (non-hydrogen) atoms. The molecule has 0 aliphatic carbocycles. The van der Waals surface area contributed by atoms with Crippen LogP contribution in [0.15, 0.2) is 17.5 Å². The predicted molar refractivity (Wildman–Crippen MR) is 84.7 cm³/mol. The number of hydrogen-bond acceptors (Lipinski definition) is 3. The average molecular weight is 294 g/mol. The molecule has 1 fully saturated rings. The van der Waals surface area contributed by atoms with E-state index in [4.69, 9.17) is 0 Å². The first-order valence-corrected chi connectivity index (χ1v) is 8.61. The second kappa shape index (κ2) is 7.23. The number of hydrogen-bond donors (Lipinski definition) is 1. The van der Waals surface area contributed by atoms with Crippen molar-refractivity contribution in [3.8, 4) is 0 Å². The molecule has 2 rings (SSSR count). The molecule has 1 aliphatic rings. The van der Waals surface area contributed by atoms with Crippen LogP contribution in [0.5, 0.6) is 0 Å². The maximum Gasteiger partial charge on any atom is 0.241 e. The van der Waals surface area contributed by atoms with Gasteiger partial charge in [0.2, 0.25) is 5.91 Å². The van der Waals surface area contributed by atoms with Crippen LogP contribution in [0.25, 0.3) is 0 Å². The van der Waals surface area contributed by atoms with E-state index in [9.17, 15) is 4.79 Å². The standard InChI is InChI=1S/C16H26N2OS/c1-4-7-13-16(19)18(10-5-8-12(2)3)15(17-13)14-9-6-11-20-14/h6,9,11-13,15,17H,4-5,7-8,10H2,1-3H3. The fraction of sp³-hybridized carbons (Fsp3) is 0.688. The Morgan fingerprint density at radius 3 is 2.85 bits per heavy atom. The SMILES string of the molecule is CCCC1NC(c2cccs2)N(CCCC(C)C)C1=O. The minimum atomic E-state index is 0.00569. The van der Waals surface area contributed by atoms with Gasteiger partial charge in [-0.25, -0.2) is 0 Å². The molecule has 2 atom stereocenters. The van der Waals surface area contributed by atoms with Crippen molar-refractivity contribution in [1.82, 2.24) is 10.2 Å². The lowest BCUT2D eigenvalue weighted by Crippen LogP contribution is -2.32. The molecular formula is C16H26N2OS. The van der Waals surface area contributed by atoms with E-state index in [0.29, 0.717) is 5.92 Å². The van der Waals surface area contributed by atoms with Gasteiger partial charge >= 0.3 is 0 Å². The lowest BCUT2D eigenvalue weighted by molar-refractivity contribution is -0.130. The normalized spacial score (nSPS) is 23.0. The summed E-state index contributed by atoms with van der Waals surface area (Å²) in [5.74, 6) is 0.987. The molecule has 1 aliphatic heterocycles. The van der Waals surface area contributed by atoms with E-state index >= 15 is 0 Å². The summed E-state index contributed by atoms with van der Waals surface area (Å²) in [6.45, 7) is 7.48. The Balaban J connectivity index is 2.05.